The number of rotatable bonds is 1. The summed E-state index contributed by atoms with van der Waals surface area (Å²) in [6.45, 7) is 0. The molecular weight excluding hydrogens is 212 g/mol. The maximum atomic E-state index is 10.9. The van der Waals surface area contributed by atoms with Crippen LogP contribution in [0.1, 0.15) is 12.0 Å². The van der Waals surface area contributed by atoms with E-state index in [1.807, 2.05) is 42.5 Å². The summed E-state index contributed by atoms with van der Waals surface area (Å²) in [6.07, 6.45) is 0.125. The lowest BCUT2D eigenvalue weighted by Crippen LogP contribution is -1.97. The zero-order valence-electron chi connectivity index (χ0n) is 9.57. The fourth-order valence-electron chi connectivity index (χ4n) is 1.62. The van der Waals surface area contributed by atoms with Crippen LogP contribution in [0.3, 0.4) is 0 Å². The molecule has 0 amide bonds. The minimum absolute atomic E-state index is 0.125. The Kier molecular flexibility index (Phi) is 3.42. The molecule has 84 valence electrons. The summed E-state index contributed by atoms with van der Waals surface area (Å²) in [6, 6.07) is 14.0. The van der Waals surface area contributed by atoms with E-state index in [2.05, 4.69) is 16.6 Å². The predicted octanol–water partition coefficient (Wildman–Crippen LogP) is 2.75. The number of methoxy groups -OCH3 is 1. The SMILES string of the molecule is COC(=O)CC#Cc1cccc2ccccc12. The quantitative estimate of drug-likeness (QED) is 0.550. The summed E-state index contributed by atoms with van der Waals surface area (Å²) in [5.41, 5.74) is 0.937. The van der Waals surface area contributed by atoms with Gasteiger partial charge in [0.25, 0.3) is 0 Å². The van der Waals surface area contributed by atoms with Gasteiger partial charge in [0, 0.05) is 5.56 Å². The van der Waals surface area contributed by atoms with Gasteiger partial charge in [0.05, 0.1) is 7.11 Å². The minimum Gasteiger partial charge on any atom is -0.468 e. The molecule has 0 aliphatic carbocycles. The van der Waals surface area contributed by atoms with Gasteiger partial charge in [0.2, 0.25) is 0 Å². The second-order valence-electron chi connectivity index (χ2n) is 3.58. The first kappa shape index (κ1) is 11.2. The van der Waals surface area contributed by atoms with Crippen LogP contribution in [-0.2, 0) is 9.53 Å². The molecule has 0 bridgehead atoms. The van der Waals surface area contributed by atoms with Crippen molar-refractivity contribution < 1.29 is 9.53 Å². The van der Waals surface area contributed by atoms with Crippen molar-refractivity contribution in [3.05, 3.63) is 48.0 Å². The van der Waals surface area contributed by atoms with Crippen LogP contribution in [0, 0.1) is 11.8 Å². The van der Waals surface area contributed by atoms with Gasteiger partial charge >= 0.3 is 5.97 Å². The molecule has 2 rings (SSSR count). The molecule has 0 aromatic heterocycles. The van der Waals surface area contributed by atoms with Crippen LogP contribution in [-0.4, -0.2) is 13.1 Å². The van der Waals surface area contributed by atoms with Gasteiger partial charge in [-0.3, -0.25) is 4.79 Å². The van der Waals surface area contributed by atoms with Crippen molar-refractivity contribution in [1.29, 1.82) is 0 Å². The van der Waals surface area contributed by atoms with Crippen molar-refractivity contribution in [2.45, 2.75) is 6.42 Å². The Morgan fingerprint density at radius 3 is 2.76 bits per heavy atom. The van der Waals surface area contributed by atoms with Gasteiger partial charge < -0.3 is 4.74 Å². The Hall–Kier alpha value is -2.27. The topological polar surface area (TPSA) is 26.3 Å². The second kappa shape index (κ2) is 5.18. The van der Waals surface area contributed by atoms with Crippen LogP contribution in [0.4, 0.5) is 0 Å². The molecule has 0 aliphatic heterocycles. The van der Waals surface area contributed by atoms with E-state index in [-0.39, 0.29) is 12.4 Å². The summed E-state index contributed by atoms with van der Waals surface area (Å²) in [4.78, 5) is 10.9. The zero-order chi connectivity index (χ0) is 12.1. The van der Waals surface area contributed by atoms with Gasteiger partial charge in [-0.05, 0) is 16.8 Å². The van der Waals surface area contributed by atoms with Crippen LogP contribution >= 0.6 is 0 Å². The van der Waals surface area contributed by atoms with Gasteiger partial charge in [0.15, 0.2) is 0 Å². The molecule has 0 saturated carbocycles. The molecule has 0 N–H and O–H groups in total. The monoisotopic (exact) mass is 224 g/mol. The van der Waals surface area contributed by atoms with Crippen LogP contribution in [0.15, 0.2) is 42.5 Å². The summed E-state index contributed by atoms with van der Waals surface area (Å²) in [5.74, 6) is 5.51. The first-order valence-electron chi connectivity index (χ1n) is 5.34. The van der Waals surface area contributed by atoms with E-state index in [1.165, 1.54) is 7.11 Å². The summed E-state index contributed by atoms with van der Waals surface area (Å²) in [7, 11) is 1.36. The smallest absolute Gasteiger partial charge is 0.317 e. The van der Waals surface area contributed by atoms with E-state index >= 15 is 0 Å². The molecule has 2 heteroatoms. The average molecular weight is 224 g/mol. The highest BCUT2D eigenvalue weighted by molar-refractivity contribution is 5.88. The van der Waals surface area contributed by atoms with Crippen molar-refractivity contribution in [1.82, 2.24) is 0 Å². The zero-order valence-corrected chi connectivity index (χ0v) is 9.57. The van der Waals surface area contributed by atoms with Crippen LogP contribution in [0.5, 0.6) is 0 Å². The van der Waals surface area contributed by atoms with Crippen LogP contribution in [0.2, 0.25) is 0 Å². The van der Waals surface area contributed by atoms with Gasteiger partial charge in [-0.15, -0.1) is 0 Å². The lowest BCUT2D eigenvalue weighted by atomic mass is 10.1. The molecule has 2 nitrogen and oxygen atoms in total. The summed E-state index contributed by atoms with van der Waals surface area (Å²) >= 11 is 0. The van der Waals surface area contributed by atoms with E-state index in [4.69, 9.17) is 0 Å². The van der Waals surface area contributed by atoms with Crippen molar-refractivity contribution in [2.24, 2.45) is 0 Å². The Morgan fingerprint density at radius 1 is 1.18 bits per heavy atom. The third-order valence-corrected chi connectivity index (χ3v) is 2.47. The van der Waals surface area contributed by atoms with Gasteiger partial charge in [-0.25, -0.2) is 0 Å². The first-order valence-corrected chi connectivity index (χ1v) is 5.34. The average Bonchev–Trinajstić information content (AvgIpc) is 2.39. The second-order valence-corrected chi connectivity index (χ2v) is 3.58. The van der Waals surface area contributed by atoms with Crippen molar-refractivity contribution in [3.63, 3.8) is 0 Å². The largest absolute Gasteiger partial charge is 0.468 e. The molecule has 0 atom stereocenters. The van der Waals surface area contributed by atoms with E-state index in [0.29, 0.717) is 0 Å². The minimum atomic E-state index is -0.308. The Balaban J connectivity index is 2.33. The fraction of sp³-hybridized carbons (Fsp3) is 0.133. The molecule has 0 radical (unpaired) electrons. The number of ether oxygens (including phenoxy) is 1. The number of carbonyl (C=O) groups is 1. The molecular formula is C15H12O2. The summed E-state index contributed by atoms with van der Waals surface area (Å²) < 4.78 is 4.53. The molecule has 0 saturated heterocycles. The molecule has 0 heterocycles. The van der Waals surface area contributed by atoms with Crippen LogP contribution in [0.25, 0.3) is 10.8 Å². The van der Waals surface area contributed by atoms with Crippen LogP contribution < -0.4 is 0 Å². The molecule has 0 unspecified atom stereocenters. The number of esters is 1. The van der Waals surface area contributed by atoms with E-state index < -0.39 is 0 Å². The van der Waals surface area contributed by atoms with E-state index in [0.717, 1.165) is 16.3 Å². The lowest BCUT2D eigenvalue weighted by Gasteiger charge is -1.99. The number of carbonyl (C=O) groups excluding carboxylic acids is 1. The van der Waals surface area contributed by atoms with Crippen molar-refractivity contribution in [3.8, 4) is 11.8 Å². The Bertz CT molecular complexity index is 598. The van der Waals surface area contributed by atoms with Crippen molar-refractivity contribution >= 4 is 16.7 Å². The third-order valence-electron chi connectivity index (χ3n) is 2.47. The number of hydrogen-bond donors (Lipinski definition) is 0. The van der Waals surface area contributed by atoms with E-state index in [9.17, 15) is 4.79 Å². The predicted molar refractivity (Wildman–Crippen MR) is 67.5 cm³/mol. The molecule has 0 spiro atoms. The fourth-order valence-corrected chi connectivity index (χ4v) is 1.62. The third kappa shape index (κ3) is 2.64. The highest BCUT2D eigenvalue weighted by Gasteiger charge is 1.97. The maximum Gasteiger partial charge on any atom is 0.317 e. The Morgan fingerprint density at radius 2 is 1.94 bits per heavy atom. The maximum absolute atomic E-state index is 10.9. The number of hydrogen-bond acceptors (Lipinski definition) is 2. The molecule has 17 heavy (non-hydrogen) atoms. The highest BCUT2D eigenvalue weighted by atomic mass is 16.5. The molecule has 0 fully saturated rings. The highest BCUT2D eigenvalue weighted by Crippen LogP contribution is 2.17. The lowest BCUT2D eigenvalue weighted by molar-refractivity contribution is -0.139. The molecule has 0 aliphatic rings. The van der Waals surface area contributed by atoms with E-state index in [1.54, 1.807) is 0 Å². The van der Waals surface area contributed by atoms with Gasteiger partial charge in [-0.1, -0.05) is 48.2 Å². The van der Waals surface area contributed by atoms with Gasteiger partial charge in [0.1, 0.15) is 6.42 Å². The standard InChI is InChI=1S/C15H12O2/c1-17-15(16)11-5-9-13-8-4-7-12-6-2-3-10-14(12)13/h2-4,6-8,10H,11H2,1H3. The number of fused-ring (bicyclic) bond motifs is 1. The first-order chi connectivity index (χ1) is 8.31. The molecule has 2 aromatic rings. The Labute approximate surface area is 100 Å². The normalized spacial score (nSPS) is 9.47. The molecule has 2 aromatic carbocycles. The van der Waals surface area contributed by atoms with Crippen molar-refractivity contribution in [2.75, 3.05) is 7.11 Å². The summed E-state index contributed by atoms with van der Waals surface area (Å²) in [5, 5.41) is 2.25. The van der Waals surface area contributed by atoms with Gasteiger partial charge in [-0.2, -0.15) is 0 Å². The number of benzene rings is 2.